The Bertz CT molecular complexity index is 288. The van der Waals surface area contributed by atoms with Gasteiger partial charge in [-0.15, -0.1) is 0 Å². The van der Waals surface area contributed by atoms with E-state index in [2.05, 4.69) is 10.6 Å². The van der Waals surface area contributed by atoms with Gasteiger partial charge in [-0.2, -0.15) is 0 Å². The first-order chi connectivity index (χ1) is 8.60. The molecule has 0 atom stereocenters. The van der Waals surface area contributed by atoms with E-state index in [1.807, 2.05) is 0 Å². The number of urea groups is 1. The third-order valence-corrected chi connectivity index (χ3v) is 3.52. The molecule has 6 heteroatoms. The summed E-state index contributed by atoms with van der Waals surface area (Å²) in [4.78, 5) is 22.8. The Morgan fingerprint density at radius 3 is 2.39 bits per heavy atom. The molecule has 0 bridgehead atoms. The summed E-state index contributed by atoms with van der Waals surface area (Å²) in [5.74, 6) is -0.801. The monoisotopic (exact) mass is 257 g/mol. The maximum atomic E-state index is 11.5. The second-order valence-electron chi connectivity index (χ2n) is 4.90. The number of carboxylic acids is 1. The summed E-state index contributed by atoms with van der Waals surface area (Å²) in [5.41, 5.74) is 4.54. The number of rotatable bonds is 6. The van der Waals surface area contributed by atoms with Crippen molar-refractivity contribution in [2.75, 3.05) is 19.6 Å². The van der Waals surface area contributed by atoms with Crippen LogP contribution in [0, 0.1) is 5.41 Å². The van der Waals surface area contributed by atoms with Crippen LogP contribution in [0.2, 0.25) is 0 Å². The van der Waals surface area contributed by atoms with Gasteiger partial charge in [0.05, 0.1) is 5.41 Å². The van der Waals surface area contributed by atoms with Crippen molar-refractivity contribution in [3.8, 4) is 0 Å². The molecule has 0 aliphatic heterocycles. The molecule has 0 spiro atoms. The van der Waals surface area contributed by atoms with Gasteiger partial charge in [-0.3, -0.25) is 4.79 Å². The molecule has 0 aromatic heterocycles. The van der Waals surface area contributed by atoms with Gasteiger partial charge in [0.25, 0.3) is 0 Å². The molecule has 5 N–H and O–H groups in total. The predicted molar refractivity (Wildman–Crippen MR) is 68.2 cm³/mol. The van der Waals surface area contributed by atoms with E-state index in [0.717, 1.165) is 25.7 Å². The van der Waals surface area contributed by atoms with Crippen molar-refractivity contribution in [1.29, 1.82) is 0 Å². The Morgan fingerprint density at radius 1 is 1.17 bits per heavy atom. The molecule has 0 heterocycles. The Kier molecular flexibility index (Phi) is 5.91. The highest BCUT2D eigenvalue weighted by Gasteiger charge is 2.39. The number of hydrogen-bond acceptors (Lipinski definition) is 3. The molecule has 1 saturated carbocycles. The van der Waals surface area contributed by atoms with Crippen LogP contribution in [0.25, 0.3) is 0 Å². The van der Waals surface area contributed by atoms with Crippen LogP contribution in [0.4, 0.5) is 4.79 Å². The van der Waals surface area contributed by atoms with E-state index in [1.165, 1.54) is 0 Å². The van der Waals surface area contributed by atoms with Gasteiger partial charge in [0.2, 0.25) is 0 Å². The van der Waals surface area contributed by atoms with E-state index in [0.29, 0.717) is 25.9 Å². The summed E-state index contributed by atoms with van der Waals surface area (Å²) in [6, 6.07) is -0.311. The minimum atomic E-state index is -0.801. The molecule has 104 valence electrons. The Labute approximate surface area is 107 Å². The van der Waals surface area contributed by atoms with Gasteiger partial charge < -0.3 is 21.5 Å². The maximum absolute atomic E-state index is 11.5. The second-order valence-corrected chi connectivity index (χ2v) is 4.90. The molecule has 18 heavy (non-hydrogen) atoms. The summed E-state index contributed by atoms with van der Waals surface area (Å²) in [5, 5.41) is 14.6. The number of carbonyl (C=O) groups excluding carboxylic acids is 1. The van der Waals surface area contributed by atoms with Crippen LogP contribution in [0.1, 0.15) is 38.5 Å². The van der Waals surface area contributed by atoms with Crippen molar-refractivity contribution < 1.29 is 14.7 Å². The third-order valence-electron chi connectivity index (χ3n) is 3.52. The van der Waals surface area contributed by atoms with Gasteiger partial charge in [-0.25, -0.2) is 4.79 Å². The molecule has 1 rings (SSSR count). The lowest BCUT2D eigenvalue weighted by Gasteiger charge is -2.33. The first-order valence-corrected chi connectivity index (χ1v) is 6.56. The number of aliphatic carboxylic acids is 1. The summed E-state index contributed by atoms with van der Waals surface area (Å²) in [7, 11) is 0. The number of carboxylic acid groups (broad SMARTS) is 1. The fourth-order valence-electron chi connectivity index (χ4n) is 2.31. The Morgan fingerprint density at radius 2 is 1.83 bits per heavy atom. The number of amides is 2. The molecular formula is C12H23N3O3. The molecule has 6 nitrogen and oxygen atoms in total. The molecule has 0 aromatic rings. The van der Waals surface area contributed by atoms with Gasteiger partial charge in [-0.05, 0) is 25.8 Å². The third kappa shape index (κ3) is 4.18. The molecule has 0 unspecified atom stereocenters. The minimum absolute atomic E-state index is 0.205. The minimum Gasteiger partial charge on any atom is -0.481 e. The van der Waals surface area contributed by atoms with Crippen LogP contribution in [-0.2, 0) is 4.79 Å². The zero-order valence-corrected chi connectivity index (χ0v) is 10.7. The second kappa shape index (κ2) is 7.20. The lowest BCUT2D eigenvalue weighted by atomic mass is 9.74. The van der Waals surface area contributed by atoms with Crippen LogP contribution >= 0.6 is 0 Å². The average Bonchev–Trinajstić information content (AvgIpc) is 2.37. The Hall–Kier alpha value is -1.30. The lowest BCUT2D eigenvalue weighted by molar-refractivity contribution is -0.150. The van der Waals surface area contributed by atoms with E-state index in [4.69, 9.17) is 5.73 Å². The topological polar surface area (TPSA) is 104 Å². The van der Waals surface area contributed by atoms with Crippen LogP contribution in [0.15, 0.2) is 0 Å². The number of carbonyl (C=O) groups is 2. The van der Waals surface area contributed by atoms with Crippen molar-refractivity contribution >= 4 is 12.0 Å². The molecule has 2 amide bonds. The van der Waals surface area contributed by atoms with Gasteiger partial charge in [0.15, 0.2) is 0 Å². The van der Waals surface area contributed by atoms with Crippen molar-refractivity contribution in [2.45, 2.75) is 38.5 Å². The SMILES string of the molecule is NCCCNC(=O)NCC1(C(=O)O)CCCCC1. The molecule has 1 aliphatic carbocycles. The van der Waals surface area contributed by atoms with Crippen LogP contribution in [0.5, 0.6) is 0 Å². The standard InChI is InChI=1S/C12H23N3O3/c13-7-4-8-14-11(18)15-9-12(10(16)17)5-2-1-3-6-12/h1-9,13H2,(H,16,17)(H2,14,15,18). The summed E-state index contributed by atoms with van der Waals surface area (Å²) in [6.45, 7) is 1.25. The van der Waals surface area contributed by atoms with E-state index in [9.17, 15) is 14.7 Å². The van der Waals surface area contributed by atoms with E-state index >= 15 is 0 Å². The van der Waals surface area contributed by atoms with Crippen molar-refractivity contribution in [3.63, 3.8) is 0 Å². The summed E-state index contributed by atoms with van der Waals surface area (Å²) >= 11 is 0. The first kappa shape index (κ1) is 14.8. The summed E-state index contributed by atoms with van der Waals surface area (Å²) in [6.07, 6.45) is 4.93. The van der Waals surface area contributed by atoms with Crippen LogP contribution in [-0.4, -0.2) is 36.7 Å². The molecule has 1 fully saturated rings. The zero-order valence-electron chi connectivity index (χ0n) is 10.7. The van der Waals surface area contributed by atoms with E-state index in [-0.39, 0.29) is 12.6 Å². The molecule has 0 radical (unpaired) electrons. The summed E-state index contributed by atoms with van der Waals surface area (Å²) < 4.78 is 0. The van der Waals surface area contributed by atoms with E-state index in [1.54, 1.807) is 0 Å². The number of nitrogens with one attached hydrogen (secondary N) is 2. The normalized spacial score (nSPS) is 18.1. The fourth-order valence-corrected chi connectivity index (χ4v) is 2.31. The molecule has 0 aromatic carbocycles. The lowest BCUT2D eigenvalue weighted by Crippen LogP contribution is -2.47. The van der Waals surface area contributed by atoms with Crippen molar-refractivity contribution in [1.82, 2.24) is 10.6 Å². The first-order valence-electron chi connectivity index (χ1n) is 6.56. The molecular weight excluding hydrogens is 234 g/mol. The largest absolute Gasteiger partial charge is 0.481 e. The van der Waals surface area contributed by atoms with Crippen molar-refractivity contribution in [2.24, 2.45) is 11.1 Å². The Balaban J connectivity index is 2.38. The highest BCUT2D eigenvalue weighted by Crippen LogP contribution is 2.35. The quantitative estimate of drug-likeness (QED) is 0.525. The maximum Gasteiger partial charge on any atom is 0.314 e. The smallest absolute Gasteiger partial charge is 0.314 e. The average molecular weight is 257 g/mol. The highest BCUT2D eigenvalue weighted by molar-refractivity contribution is 5.78. The van der Waals surface area contributed by atoms with Crippen molar-refractivity contribution in [3.05, 3.63) is 0 Å². The van der Waals surface area contributed by atoms with E-state index < -0.39 is 11.4 Å². The van der Waals surface area contributed by atoms with Gasteiger partial charge in [0, 0.05) is 13.1 Å². The number of hydrogen-bond donors (Lipinski definition) is 4. The van der Waals surface area contributed by atoms with Crippen LogP contribution < -0.4 is 16.4 Å². The highest BCUT2D eigenvalue weighted by atomic mass is 16.4. The fraction of sp³-hybridized carbons (Fsp3) is 0.833. The van der Waals surface area contributed by atoms with Gasteiger partial charge >= 0.3 is 12.0 Å². The van der Waals surface area contributed by atoms with Gasteiger partial charge in [-0.1, -0.05) is 19.3 Å². The van der Waals surface area contributed by atoms with Crippen LogP contribution in [0.3, 0.4) is 0 Å². The molecule has 1 aliphatic rings. The zero-order chi connectivity index (χ0) is 13.4. The van der Waals surface area contributed by atoms with Gasteiger partial charge in [0.1, 0.15) is 0 Å². The predicted octanol–water partition coefficient (Wildman–Crippen LogP) is 0.669. The molecule has 0 saturated heterocycles. The number of nitrogens with two attached hydrogens (primary N) is 1.